The number of hydrogen-bond acceptors (Lipinski definition) is 7. The van der Waals surface area contributed by atoms with Crippen molar-refractivity contribution in [1.29, 1.82) is 0 Å². The third-order valence-electron chi connectivity index (χ3n) is 3.36. The number of carbonyl (C=O) groups is 2. The number of carbonyl (C=O) groups excluding carboxylic acids is 2. The van der Waals surface area contributed by atoms with Crippen molar-refractivity contribution in [2.45, 2.75) is 6.92 Å². The minimum Gasteiger partial charge on any atom is -0.451 e. The lowest BCUT2D eigenvalue weighted by molar-refractivity contribution is -0.119. The Morgan fingerprint density at radius 2 is 1.79 bits per heavy atom. The number of aromatic nitrogens is 3. The summed E-state index contributed by atoms with van der Waals surface area (Å²) < 4.78 is 5.06. The lowest BCUT2D eigenvalue weighted by atomic mass is 10.3. The van der Waals surface area contributed by atoms with Crippen LogP contribution in [0.3, 0.4) is 0 Å². The van der Waals surface area contributed by atoms with Gasteiger partial charge >= 0.3 is 5.97 Å². The molecule has 3 rings (SSSR count). The van der Waals surface area contributed by atoms with Crippen LogP contribution < -0.4 is 5.32 Å². The number of rotatable bonds is 5. The number of esters is 1. The molecule has 144 valence electrons. The van der Waals surface area contributed by atoms with Crippen molar-refractivity contribution in [2.24, 2.45) is 0 Å². The predicted octanol–water partition coefficient (Wildman–Crippen LogP) is 4.66. The monoisotopic (exact) mass is 456 g/mol. The van der Waals surface area contributed by atoms with Crippen molar-refractivity contribution >= 4 is 63.7 Å². The van der Waals surface area contributed by atoms with Crippen LogP contribution >= 0.6 is 46.1 Å². The third kappa shape index (κ3) is 4.77. The van der Waals surface area contributed by atoms with Crippen LogP contribution in [0.25, 0.3) is 10.8 Å². The molecule has 0 aliphatic heterocycles. The Balaban J connectivity index is 1.64. The molecule has 0 bridgehead atoms. The summed E-state index contributed by atoms with van der Waals surface area (Å²) in [7, 11) is 0. The molecule has 1 N–H and O–H groups in total. The number of benzene rings is 1. The lowest BCUT2D eigenvalue weighted by Gasteiger charge is -2.09. The van der Waals surface area contributed by atoms with Crippen molar-refractivity contribution < 1.29 is 14.3 Å². The van der Waals surface area contributed by atoms with Crippen LogP contribution in [0, 0.1) is 6.92 Å². The largest absolute Gasteiger partial charge is 0.451 e. The van der Waals surface area contributed by atoms with Gasteiger partial charge in [0.2, 0.25) is 0 Å². The molecule has 7 nitrogen and oxygen atoms in total. The van der Waals surface area contributed by atoms with Crippen LogP contribution in [0.1, 0.15) is 15.4 Å². The van der Waals surface area contributed by atoms with Crippen molar-refractivity contribution in [2.75, 3.05) is 11.9 Å². The molecule has 0 saturated carbocycles. The molecular weight excluding hydrogens is 447 g/mol. The van der Waals surface area contributed by atoms with E-state index in [1.165, 1.54) is 12.1 Å². The van der Waals surface area contributed by atoms with Crippen LogP contribution in [-0.4, -0.2) is 33.4 Å². The Bertz CT molecular complexity index is 1040. The summed E-state index contributed by atoms with van der Waals surface area (Å²) in [6.45, 7) is 1.15. The molecule has 0 saturated heterocycles. The van der Waals surface area contributed by atoms with Gasteiger partial charge in [-0.2, -0.15) is 0 Å². The van der Waals surface area contributed by atoms with E-state index in [1.54, 1.807) is 25.4 Å². The summed E-state index contributed by atoms with van der Waals surface area (Å²) in [5.74, 6) is -0.850. The van der Waals surface area contributed by atoms with Crippen molar-refractivity contribution in [1.82, 2.24) is 15.0 Å². The second kappa shape index (κ2) is 8.83. The van der Waals surface area contributed by atoms with Gasteiger partial charge in [-0.1, -0.05) is 34.8 Å². The minimum atomic E-state index is -0.674. The molecule has 0 aliphatic rings. The highest BCUT2D eigenvalue weighted by Crippen LogP contribution is 2.32. The van der Waals surface area contributed by atoms with Crippen molar-refractivity contribution in [3.63, 3.8) is 0 Å². The molecule has 28 heavy (non-hydrogen) atoms. The summed E-state index contributed by atoms with van der Waals surface area (Å²) in [5.41, 5.74) is 0.722. The average Bonchev–Trinajstić information content (AvgIpc) is 3.07. The Morgan fingerprint density at radius 3 is 2.50 bits per heavy atom. The maximum absolute atomic E-state index is 12.3. The minimum absolute atomic E-state index is 0.208. The van der Waals surface area contributed by atoms with Crippen LogP contribution in [0.5, 0.6) is 0 Å². The van der Waals surface area contributed by atoms with E-state index in [1.807, 2.05) is 0 Å². The maximum atomic E-state index is 12.3. The van der Waals surface area contributed by atoms with Gasteiger partial charge < -0.3 is 10.1 Å². The molecule has 0 unspecified atom stereocenters. The number of ether oxygens (including phenoxy) is 1. The Morgan fingerprint density at radius 1 is 1.11 bits per heavy atom. The first-order valence-corrected chi connectivity index (χ1v) is 9.66. The molecule has 1 aromatic carbocycles. The maximum Gasteiger partial charge on any atom is 0.350 e. The fraction of sp³-hybridized carbons (Fsp3) is 0.118. The van der Waals surface area contributed by atoms with Crippen LogP contribution in [0.15, 0.2) is 30.6 Å². The SMILES string of the molecule is Cc1nc(-c2ncccn2)sc1C(=O)OCC(=O)Nc1cc(Cl)c(Cl)cc1Cl. The lowest BCUT2D eigenvalue weighted by Crippen LogP contribution is -2.21. The topological polar surface area (TPSA) is 94.1 Å². The zero-order valence-electron chi connectivity index (χ0n) is 14.2. The smallest absolute Gasteiger partial charge is 0.350 e. The number of nitrogens with zero attached hydrogens (tertiary/aromatic N) is 3. The first-order chi connectivity index (χ1) is 13.3. The molecule has 2 aromatic heterocycles. The number of hydrogen-bond donors (Lipinski definition) is 1. The molecule has 1 amide bonds. The number of anilines is 1. The van der Waals surface area contributed by atoms with Crippen molar-refractivity contribution in [3.8, 4) is 10.8 Å². The second-order valence-electron chi connectivity index (χ2n) is 5.38. The normalized spacial score (nSPS) is 10.6. The van der Waals surface area contributed by atoms with E-state index in [0.29, 0.717) is 16.5 Å². The average molecular weight is 458 g/mol. The molecule has 0 radical (unpaired) electrons. The highest BCUT2D eigenvalue weighted by Gasteiger charge is 2.20. The number of halogens is 3. The second-order valence-corrected chi connectivity index (χ2v) is 7.60. The summed E-state index contributed by atoms with van der Waals surface area (Å²) >= 11 is 18.8. The molecule has 0 atom stereocenters. The van der Waals surface area contributed by atoms with E-state index >= 15 is 0 Å². The fourth-order valence-corrected chi connectivity index (χ4v) is 3.59. The van der Waals surface area contributed by atoms with Gasteiger partial charge in [0.15, 0.2) is 17.4 Å². The summed E-state index contributed by atoms with van der Waals surface area (Å²) in [5, 5.41) is 3.69. The van der Waals surface area contributed by atoms with E-state index in [2.05, 4.69) is 20.3 Å². The zero-order chi connectivity index (χ0) is 20.3. The highest BCUT2D eigenvalue weighted by molar-refractivity contribution is 7.16. The molecule has 11 heteroatoms. The summed E-state index contributed by atoms with van der Waals surface area (Å²) in [6, 6.07) is 4.49. The first kappa shape index (κ1) is 20.5. The fourth-order valence-electron chi connectivity index (χ4n) is 2.09. The third-order valence-corrected chi connectivity index (χ3v) is 5.53. The zero-order valence-corrected chi connectivity index (χ0v) is 17.3. The summed E-state index contributed by atoms with van der Waals surface area (Å²) in [6.07, 6.45) is 3.16. The molecule has 2 heterocycles. The van der Waals surface area contributed by atoms with E-state index in [4.69, 9.17) is 39.5 Å². The van der Waals surface area contributed by atoms with E-state index in [0.717, 1.165) is 11.3 Å². The Labute approximate surface area is 178 Å². The Kier molecular flexibility index (Phi) is 6.46. The number of thiazole rings is 1. The van der Waals surface area contributed by atoms with Gasteiger partial charge in [0.25, 0.3) is 5.91 Å². The Hall–Kier alpha value is -2.26. The first-order valence-electron chi connectivity index (χ1n) is 7.71. The van der Waals surface area contributed by atoms with E-state index < -0.39 is 18.5 Å². The van der Waals surface area contributed by atoms with Gasteiger partial charge in [-0.25, -0.2) is 19.7 Å². The van der Waals surface area contributed by atoms with Crippen LogP contribution in [-0.2, 0) is 9.53 Å². The van der Waals surface area contributed by atoms with Gasteiger partial charge in [0.05, 0.1) is 26.4 Å². The molecule has 0 fully saturated rings. The van der Waals surface area contributed by atoms with E-state index in [-0.39, 0.29) is 25.6 Å². The van der Waals surface area contributed by atoms with Gasteiger partial charge in [-0.15, -0.1) is 11.3 Å². The number of amides is 1. The predicted molar refractivity (Wildman–Crippen MR) is 108 cm³/mol. The van der Waals surface area contributed by atoms with Crippen LogP contribution in [0.4, 0.5) is 5.69 Å². The van der Waals surface area contributed by atoms with Gasteiger partial charge in [-0.05, 0) is 25.1 Å². The number of nitrogens with one attached hydrogen (secondary N) is 1. The van der Waals surface area contributed by atoms with Gasteiger partial charge in [-0.3, -0.25) is 4.79 Å². The number of aryl methyl sites for hydroxylation is 1. The summed E-state index contributed by atoms with van der Waals surface area (Å²) in [4.78, 5) is 37.1. The highest BCUT2D eigenvalue weighted by atomic mass is 35.5. The standard InChI is InChI=1S/C17H11Cl3N4O3S/c1-8-14(28-16(23-8)15-21-3-2-4-22-15)17(26)27-7-13(25)24-12-6-10(19)9(18)5-11(12)20/h2-6H,7H2,1H3,(H,24,25). The van der Waals surface area contributed by atoms with Crippen LogP contribution in [0.2, 0.25) is 15.1 Å². The van der Waals surface area contributed by atoms with Gasteiger partial charge in [0, 0.05) is 12.4 Å². The van der Waals surface area contributed by atoms with Gasteiger partial charge in [0.1, 0.15) is 4.88 Å². The van der Waals surface area contributed by atoms with Crippen molar-refractivity contribution in [3.05, 3.63) is 56.2 Å². The quantitative estimate of drug-likeness (QED) is 0.442. The molecule has 3 aromatic rings. The van der Waals surface area contributed by atoms with E-state index in [9.17, 15) is 9.59 Å². The molecular formula is C17H11Cl3N4O3S. The molecule has 0 aliphatic carbocycles. The molecule has 0 spiro atoms.